The quantitative estimate of drug-likeness (QED) is 0.862. The van der Waals surface area contributed by atoms with Gasteiger partial charge in [-0.05, 0) is 30.2 Å². The molecular weight excluding hydrogens is 253 g/mol. The van der Waals surface area contributed by atoms with Gasteiger partial charge in [0.25, 0.3) is 0 Å². The minimum atomic E-state index is -0.209. The van der Waals surface area contributed by atoms with Gasteiger partial charge in [-0.2, -0.15) is 0 Å². The Kier molecular flexibility index (Phi) is 5.27. The van der Waals surface area contributed by atoms with E-state index in [1.54, 1.807) is 19.2 Å². The third kappa shape index (κ3) is 3.89. The van der Waals surface area contributed by atoms with Gasteiger partial charge in [0.1, 0.15) is 5.82 Å². The Bertz CT molecular complexity index is 530. The van der Waals surface area contributed by atoms with Gasteiger partial charge in [-0.1, -0.05) is 42.5 Å². The van der Waals surface area contributed by atoms with Gasteiger partial charge < -0.3 is 10.1 Å². The Balaban J connectivity index is 2.12. The highest BCUT2D eigenvalue weighted by Crippen LogP contribution is 2.20. The standard InChI is InChI=1S/C17H20FNO/c1-13(15-9-6-10-16(18)11-15)19-17(12-20-2)14-7-4-3-5-8-14/h3-11,13,17,19H,12H2,1-2H3/t13-,17?/m0/s1. The molecule has 0 aliphatic rings. The number of rotatable bonds is 6. The van der Waals surface area contributed by atoms with E-state index in [9.17, 15) is 4.39 Å². The molecule has 0 saturated heterocycles. The third-order valence-electron chi connectivity index (χ3n) is 3.34. The van der Waals surface area contributed by atoms with E-state index in [0.29, 0.717) is 6.61 Å². The number of benzene rings is 2. The van der Waals surface area contributed by atoms with Crippen LogP contribution in [0.25, 0.3) is 0 Å². The van der Waals surface area contributed by atoms with E-state index in [2.05, 4.69) is 17.4 Å². The summed E-state index contributed by atoms with van der Waals surface area (Å²) in [6, 6.07) is 16.9. The first kappa shape index (κ1) is 14.7. The molecule has 2 rings (SSSR count). The third-order valence-corrected chi connectivity index (χ3v) is 3.34. The van der Waals surface area contributed by atoms with Gasteiger partial charge in [0.2, 0.25) is 0 Å². The molecule has 20 heavy (non-hydrogen) atoms. The fraction of sp³-hybridized carbons (Fsp3) is 0.294. The average Bonchev–Trinajstić information content (AvgIpc) is 2.47. The SMILES string of the molecule is COCC(N[C@@H](C)c1cccc(F)c1)c1ccccc1. The summed E-state index contributed by atoms with van der Waals surface area (Å²) in [5.74, 6) is -0.209. The Labute approximate surface area is 119 Å². The van der Waals surface area contributed by atoms with Crippen LogP contribution in [0.3, 0.4) is 0 Å². The van der Waals surface area contributed by atoms with Crippen LogP contribution in [0.1, 0.15) is 30.1 Å². The summed E-state index contributed by atoms with van der Waals surface area (Å²) in [4.78, 5) is 0. The smallest absolute Gasteiger partial charge is 0.123 e. The van der Waals surface area contributed by atoms with Gasteiger partial charge in [-0.3, -0.25) is 0 Å². The van der Waals surface area contributed by atoms with Crippen LogP contribution in [0, 0.1) is 5.82 Å². The van der Waals surface area contributed by atoms with Crippen molar-refractivity contribution in [2.75, 3.05) is 13.7 Å². The summed E-state index contributed by atoms with van der Waals surface area (Å²) in [7, 11) is 1.68. The molecule has 0 spiro atoms. The predicted octanol–water partition coefficient (Wildman–Crippen LogP) is 3.86. The molecule has 1 unspecified atom stereocenters. The molecule has 0 bridgehead atoms. The van der Waals surface area contributed by atoms with Crippen molar-refractivity contribution in [3.05, 3.63) is 71.5 Å². The van der Waals surface area contributed by atoms with Crippen molar-refractivity contribution in [2.24, 2.45) is 0 Å². The van der Waals surface area contributed by atoms with Crippen LogP contribution in [0.2, 0.25) is 0 Å². The average molecular weight is 273 g/mol. The summed E-state index contributed by atoms with van der Waals surface area (Å²) >= 11 is 0. The van der Waals surface area contributed by atoms with Gasteiger partial charge in [0.15, 0.2) is 0 Å². The van der Waals surface area contributed by atoms with Crippen LogP contribution in [-0.2, 0) is 4.74 Å². The zero-order chi connectivity index (χ0) is 14.4. The summed E-state index contributed by atoms with van der Waals surface area (Å²) in [5.41, 5.74) is 2.10. The first-order chi connectivity index (χ1) is 9.70. The van der Waals surface area contributed by atoms with Gasteiger partial charge in [-0.25, -0.2) is 4.39 Å². The molecule has 0 aromatic heterocycles. The van der Waals surface area contributed by atoms with Crippen molar-refractivity contribution >= 4 is 0 Å². The van der Waals surface area contributed by atoms with Crippen LogP contribution < -0.4 is 5.32 Å². The van der Waals surface area contributed by atoms with Crippen LogP contribution in [0.15, 0.2) is 54.6 Å². The molecule has 0 fully saturated rings. The van der Waals surface area contributed by atoms with Crippen LogP contribution >= 0.6 is 0 Å². The summed E-state index contributed by atoms with van der Waals surface area (Å²) in [5, 5.41) is 3.49. The first-order valence-corrected chi connectivity index (χ1v) is 6.76. The lowest BCUT2D eigenvalue weighted by molar-refractivity contribution is 0.162. The molecule has 2 atom stereocenters. The molecule has 0 aliphatic heterocycles. The fourth-order valence-electron chi connectivity index (χ4n) is 2.27. The number of nitrogens with one attached hydrogen (secondary N) is 1. The van der Waals surface area contributed by atoms with Crippen LogP contribution in [0.5, 0.6) is 0 Å². The highest BCUT2D eigenvalue weighted by Gasteiger charge is 2.15. The first-order valence-electron chi connectivity index (χ1n) is 6.76. The Morgan fingerprint density at radius 1 is 1.05 bits per heavy atom. The molecule has 0 amide bonds. The van der Waals surface area contributed by atoms with E-state index in [4.69, 9.17) is 4.74 Å². The molecular formula is C17H20FNO. The monoisotopic (exact) mass is 273 g/mol. The second-order valence-electron chi connectivity index (χ2n) is 4.86. The second-order valence-corrected chi connectivity index (χ2v) is 4.86. The molecule has 0 heterocycles. The Morgan fingerprint density at radius 3 is 2.40 bits per heavy atom. The predicted molar refractivity (Wildman–Crippen MR) is 79.0 cm³/mol. The largest absolute Gasteiger partial charge is 0.383 e. The van der Waals surface area contributed by atoms with E-state index < -0.39 is 0 Å². The van der Waals surface area contributed by atoms with Crippen LogP contribution in [0.4, 0.5) is 4.39 Å². The lowest BCUT2D eigenvalue weighted by Gasteiger charge is -2.23. The topological polar surface area (TPSA) is 21.3 Å². The van der Waals surface area contributed by atoms with E-state index in [0.717, 1.165) is 11.1 Å². The lowest BCUT2D eigenvalue weighted by atomic mass is 10.0. The maximum Gasteiger partial charge on any atom is 0.123 e. The van der Waals surface area contributed by atoms with Crippen molar-refractivity contribution in [3.8, 4) is 0 Å². The van der Waals surface area contributed by atoms with E-state index in [1.165, 1.54) is 6.07 Å². The Hall–Kier alpha value is -1.71. The highest BCUT2D eigenvalue weighted by molar-refractivity contribution is 5.22. The molecule has 106 valence electrons. The number of hydrogen-bond donors (Lipinski definition) is 1. The number of halogens is 1. The van der Waals surface area contributed by atoms with Crippen molar-refractivity contribution in [1.82, 2.24) is 5.32 Å². The molecule has 0 aliphatic carbocycles. The van der Waals surface area contributed by atoms with Crippen molar-refractivity contribution < 1.29 is 9.13 Å². The zero-order valence-corrected chi connectivity index (χ0v) is 11.8. The number of methoxy groups -OCH3 is 1. The molecule has 1 N–H and O–H groups in total. The maximum atomic E-state index is 13.3. The number of hydrogen-bond acceptors (Lipinski definition) is 2. The van der Waals surface area contributed by atoms with E-state index in [-0.39, 0.29) is 17.9 Å². The van der Waals surface area contributed by atoms with E-state index in [1.807, 2.05) is 31.2 Å². The van der Waals surface area contributed by atoms with E-state index >= 15 is 0 Å². The molecule has 0 saturated carbocycles. The Morgan fingerprint density at radius 2 is 1.75 bits per heavy atom. The second kappa shape index (κ2) is 7.17. The summed E-state index contributed by atoms with van der Waals surface area (Å²) in [6.07, 6.45) is 0. The minimum Gasteiger partial charge on any atom is -0.383 e. The van der Waals surface area contributed by atoms with Gasteiger partial charge in [-0.15, -0.1) is 0 Å². The molecule has 2 aromatic rings. The van der Waals surface area contributed by atoms with Crippen LogP contribution in [-0.4, -0.2) is 13.7 Å². The normalized spacial score (nSPS) is 13.9. The van der Waals surface area contributed by atoms with Gasteiger partial charge in [0.05, 0.1) is 12.6 Å². The zero-order valence-electron chi connectivity index (χ0n) is 11.8. The molecule has 3 heteroatoms. The summed E-state index contributed by atoms with van der Waals surface area (Å²) in [6.45, 7) is 2.60. The maximum absolute atomic E-state index is 13.3. The fourth-order valence-corrected chi connectivity index (χ4v) is 2.27. The highest BCUT2D eigenvalue weighted by atomic mass is 19.1. The van der Waals surface area contributed by atoms with Crippen molar-refractivity contribution in [1.29, 1.82) is 0 Å². The van der Waals surface area contributed by atoms with Crippen molar-refractivity contribution in [2.45, 2.75) is 19.0 Å². The summed E-state index contributed by atoms with van der Waals surface area (Å²) < 4.78 is 18.6. The minimum absolute atomic E-state index is 0.0473. The van der Waals surface area contributed by atoms with Gasteiger partial charge in [0, 0.05) is 13.2 Å². The lowest BCUT2D eigenvalue weighted by Crippen LogP contribution is -2.28. The molecule has 2 aromatic carbocycles. The number of ether oxygens (including phenoxy) is 1. The molecule has 0 radical (unpaired) electrons. The van der Waals surface area contributed by atoms with Crippen molar-refractivity contribution in [3.63, 3.8) is 0 Å². The van der Waals surface area contributed by atoms with Gasteiger partial charge >= 0.3 is 0 Å². The molecule has 2 nitrogen and oxygen atoms in total.